The molecular formula is C12H16N2O4S. The summed E-state index contributed by atoms with van der Waals surface area (Å²) >= 11 is 1.12. The van der Waals surface area contributed by atoms with Crippen LogP contribution in [0.15, 0.2) is 17.3 Å². The fourth-order valence-corrected chi connectivity index (χ4v) is 2.03. The van der Waals surface area contributed by atoms with Gasteiger partial charge < -0.3 is 15.2 Å². The molecule has 104 valence electrons. The Balaban J connectivity index is 2.82. The van der Waals surface area contributed by atoms with Crippen molar-refractivity contribution in [3.05, 3.63) is 17.8 Å². The average molecular weight is 284 g/mol. The third-order valence-corrected chi connectivity index (χ3v) is 2.98. The molecule has 0 spiro atoms. The number of anilines is 1. The summed E-state index contributed by atoms with van der Waals surface area (Å²) in [5, 5.41) is 0.403. The van der Waals surface area contributed by atoms with Crippen LogP contribution < -0.4 is 5.73 Å². The van der Waals surface area contributed by atoms with Crippen LogP contribution in [-0.4, -0.2) is 35.9 Å². The van der Waals surface area contributed by atoms with Gasteiger partial charge >= 0.3 is 11.9 Å². The normalized spacial score (nSPS) is 10.0. The molecule has 0 amide bonds. The molecular weight excluding hydrogens is 268 g/mol. The molecule has 0 saturated carbocycles. The van der Waals surface area contributed by atoms with Crippen molar-refractivity contribution in [1.29, 1.82) is 0 Å². The first kappa shape index (κ1) is 15.3. The van der Waals surface area contributed by atoms with E-state index in [1.54, 1.807) is 13.8 Å². The molecule has 0 aliphatic rings. The second-order valence-corrected chi connectivity index (χ2v) is 4.40. The highest BCUT2D eigenvalue weighted by Crippen LogP contribution is 2.23. The number of carbonyl (C=O) groups is 2. The fourth-order valence-electron chi connectivity index (χ4n) is 1.27. The standard InChI is InChI=1S/C12H16N2O4S/c1-3-17-10(15)7-19-11-9(12(16)18-4-2)5-8(13)6-14-11/h5-6H,3-4,7,13H2,1-2H3. The van der Waals surface area contributed by atoms with Crippen molar-refractivity contribution >= 4 is 29.4 Å². The zero-order chi connectivity index (χ0) is 14.3. The molecule has 0 bridgehead atoms. The maximum Gasteiger partial charge on any atom is 0.340 e. The van der Waals surface area contributed by atoms with Crippen molar-refractivity contribution in [2.45, 2.75) is 18.9 Å². The molecule has 1 heterocycles. The van der Waals surface area contributed by atoms with Crippen molar-refractivity contribution < 1.29 is 19.1 Å². The van der Waals surface area contributed by atoms with E-state index in [0.717, 1.165) is 11.8 Å². The molecule has 1 aromatic rings. The molecule has 6 nitrogen and oxygen atoms in total. The Hall–Kier alpha value is -1.76. The molecule has 2 N–H and O–H groups in total. The van der Waals surface area contributed by atoms with Gasteiger partial charge in [-0.15, -0.1) is 0 Å². The summed E-state index contributed by atoms with van der Waals surface area (Å²) in [5.74, 6) is -0.786. The lowest BCUT2D eigenvalue weighted by Crippen LogP contribution is -2.10. The Morgan fingerprint density at radius 1 is 1.32 bits per heavy atom. The number of thioether (sulfide) groups is 1. The van der Waals surface area contributed by atoms with Crippen LogP contribution in [0.2, 0.25) is 0 Å². The van der Waals surface area contributed by atoms with Crippen molar-refractivity contribution in [2.24, 2.45) is 0 Å². The second kappa shape index (κ2) is 7.63. The highest BCUT2D eigenvalue weighted by molar-refractivity contribution is 8.00. The number of hydrogen-bond donors (Lipinski definition) is 1. The molecule has 0 fully saturated rings. The lowest BCUT2D eigenvalue weighted by Gasteiger charge is -2.08. The van der Waals surface area contributed by atoms with Gasteiger partial charge in [0.25, 0.3) is 0 Å². The van der Waals surface area contributed by atoms with E-state index in [1.807, 2.05) is 0 Å². The Morgan fingerprint density at radius 3 is 2.63 bits per heavy atom. The molecule has 1 rings (SSSR count). The first-order chi connectivity index (χ1) is 9.08. The molecule has 7 heteroatoms. The zero-order valence-corrected chi connectivity index (χ0v) is 11.7. The quantitative estimate of drug-likeness (QED) is 0.625. The van der Waals surface area contributed by atoms with Crippen LogP contribution >= 0.6 is 11.8 Å². The van der Waals surface area contributed by atoms with Gasteiger partial charge in [0, 0.05) is 0 Å². The minimum Gasteiger partial charge on any atom is -0.465 e. The van der Waals surface area contributed by atoms with E-state index in [0.29, 0.717) is 17.3 Å². The molecule has 0 aliphatic carbocycles. The van der Waals surface area contributed by atoms with E-state index in [-0.39, 0.29) is 23.9 Å². The summed E-state index contributed by atoms with van der Waals surface area (Å²) in [7, 11) is 0. The van der Waals surface area contributed by atoms with Gasteiger partial charge in [0.05, 0.1) is 36.4 Å². The maximum atomic E-state index is 11.7. The number of hydrogen-bond acceptors (Lipinski definition) is 7. The van der Waals surface area contributed by atoms with E-state index in [4.69, 9.17) is 15.2 Å². The van der Waals surface area contributed by atoms with E-state index >= 15 is 0 Å². The van der Waals surface area contributed by atoms with E-state index in [9.17, 15) is 9.59 Å². The fraction of sp³-hybridized carbons (Fsp3) is 0.417. The molecule has 0 aliphatic heterocycles. The van der Waals surface area contributed by atoms with Crippen LogP contribution in [-0.2, 0) is 14.3 Å². The summed E-state index contributed by atoms with van der Waals surface area (Å²) in [5.41, 5.74) is 6.22. The van der Waals surface area contributed by atoms with Crippen LogP contribution in [0.5, 0.6) is 0 Å². The summed E-state index contributed by atoms with van der Waals surface area (Å²) in [4.78, 5) is 27.1. The molecule has 0 atom stereocenters. The highest BCUT2D eigenvalue weighted by Gasteiger charge is 2.16. The molecule has 0 saturated heterocycles. The second-order valence-electron chi connectivity index (χ2n) is 3.44. The monoisotopic (exact) mass is 284 g/mol. The third-order valence-electron chi connectivity index (χ3n) is 2.00. The number of ether oxygens (including phenoxy) is 2. The van der Waals surface area contributed by atoms with Gasteiger partial charge in [0.15, 0.2) is 0 Å². The van der Waals surface area contributed by atoms with Gasteiger partial charge in [0.1, 0.15) is 5.03 Å². The Bertz CT molecular complexity index is 465. The molecule has 0 unspecified atom stereocenters. The first-order valence-electron chi connectivity index (χ1n) is 5.79. The largest absolute Gasteiger partial charge is 0.465 e. The maximum absolute atomic E-state index is 11.7. The lowest BCUT2D eigenvalue weighted by atomic mass is 10.3. The van der Waals surface area contributed by atoms with Gasteiger partial charge in [-0.05, 0) is 19.9 Å². The van der Waals surface area contributed by atoms with Crippen LogP contribution in [0.3, 0.4) is 0 Å². The van der Waals surface area contributed by atoms with Gasteiger partial charge in [0.2, 0.25) is 0 Å². The van der Waals surface area contributed by atoms with E-state index < -0.39 is 5.97 Å². The Kier molecular flexibility index (Phi) is 6.14. The van der Waals surface area contributed by atoms with Gasteiger partial charge in [-0.1, -0.05) is 11.8 Å². The number of nitrogen functional groups attached to an aromatic ring is 1. The predicted octanol–water partition coefficient (Wildman–Crippen LogP) is 1.50. The van der Waals surface area contributed by atoms with Crippen molar-refractivity contribution in [3.63, 3.8) is 0 Å². The Labute approximate surface area is 115 Å². The Morgan fingerprint density at radius 2 is 2.00 bits per heavy atom. The third kappa shape index (κ3) is 4.78. The van der Waals surface area contributed by atoms with Crippen LogP contribution in [0.4, 0.5) is 5.69 Å². The summed E-state index contributed by atoms with van der Waals surface area (Å²) < 4.78 is 9.72. The van der Waals surface area contributed by atoms with Gasteiger partial charge in [-0.2, -0.15) is 0 Å². The zero-order valence-electron chi connectivity index (χ0n) is 10.8. The van der Waals surface area contributed by atoms with E-state index in [1.165, 1.54) is 12.3 Å². The molecule has 0 aromatic carbocycles. The number of nitrogens with two attached hydrogens (primary N) is 1. The highest BCUT2D eigenvalue weighted by atomic mass is 32.2. The minimum atomic E-state index is -0.506. The molecule has 1 aromatic heterocycles. The van der Waals surface area contributed by atoms with Crippen molar-refractivity contribution in [2.75, 3.05) is 24.7 Å². The summed E-state index contributed by atoms with van der Waals surface area (Å²) in [6.07, 6.45) is 1.43. The van der Waals surface area contributed by atoms with E-state index in [2.05, 4.69) is 4.98 Å². The smallest absolute Gasteiger partial charge is 0.340 e. The number of pyridine rings is 1. The summed E-state index contributed by atoms with van der Waals surface area (Å²) in [6, 6.07) is 1.48. The number of esters is 2. The minimum absolute atomic E-state index is 0.0805. The summed E-state index contributed by atoms with van der Waals surface area (Å²) in [6.45, 7) is 4.02. The van der Waals surface area contributed by atoms with Crippen molar-refractivity contribution in [1.82, 2.24) is 4.98 Å². The van der Waals surface area contributed by atoms with Crippen molar-refractivity contribution in [3.8, 4) is 0 Å². The number of nitrogens with zero attached hydrogens (tertiary/aromatic N) is 1. The first-order valence-corrected chi connectivity index (χ1v) is 6.78. The predicted molar refractivity (Wildman–Crippen MR) is 72.0 cm³/mol. The van der Waals surface area contributed by atoms with Gasteiger partial charge in [-0.25, -0.2) is 9.78 Å². The van der Waals surface area contributed by atoms with Gasteiger partial charge in [-0.3, -0.25) is 4.79 Å². The number of carbonyl (C=O) groups excluding carboxylic acids is 2. The number of rotatable bonds is 6. The topological polar surface area (TPSA) is 91.5 Å². The molecule has 19 heavy (non-hydrogen) atoms. The SMILES string of the molecule is CCOC(=O)CSc1ncc(N)cc1C(=O)OCC. The average Bonchev–Trinajstić information content (AvgIpc) is 2.38. The van der Waals surface area contributed by atoms with Crippen LogP contribution in [0.1, 0.15) is 24.2 Å². The lowest BCUT2D eigenvalue weighted by molar-refractivity contribution is -0.139. The number of aromatic nitrogens is 1. The van der Waals surface area contributed by atoms with Crippen LogP contribution in [0.25, 0.3) is 0 Å². The molecule has 0 radical (unpaired) electrons. The van der Waals surface area contributed by atoms with Crippen LogP contribution in [0, 0.1) is 0 Å².